The third-order valence-electron chi connectivity index (χ3n) is 3.27. The average molecular weight is 256 g/mol. The zero-order chi connectivity index (χ0) is 13.6. The minimum absolute atomic E-state index is 0.00189. The van der Waals surface area contributed by atoms with Gasteiger partial charge in [-0.15, -0.1) is 0 Å². The zero-order valence-electron chi connectivity index (χ0n) is 12.0. The van der Waals surface area contributed by atoms with Gasteiger partial charge in [-0.25, -0.2) is 4.79 Å². The van der Waals surface area contributed by atoms with E-state index in [1.54, 1.807) is 0 Å². The molecule has 0 aromatic rings. The summed E-state index contributed by atoms with van der Waals surface area (Å²) in [5.41, 5.74) is -0.188. The summed E-state index contributed by atoms with van der Waals surface area (Å²) in [5, 5.41) is 2.96. The second-order valence-corrected chi connectivity index (χ2v) is 7.01. The first-order valence-electron chi connectivity index (χ1n) is 6.46. The first-order chi connectivity index (χ1) is 8.11. The zero-order valence-corrected chi connectivity index (χ0v) is 12.0. The summed E-state index contributed by atoms with van der Waals surface area (Å²) in [7, 11) is 0. The number of urea groups is 1. The van der Waals surface area contributed by atoms with Crippen molar-refractivity contribution in [1.29, 1.82) is 0 Å². The number of nitrogens with one attached hydrogen (secondary N) is 1. The molecule has 0 bridgehead atoms. The Labute approximate surface area is 109 Å². The van der Waals surface area contributed by atoms with Gasteiger partial charge in [0.25, 0.3) is 0 Å². The van der Waals surface area contributed by atoms with Gasteiger partial charge in [-0.2, -0.15) is 0 Å². The predicted molar refractivity (Wildman–Crippen MR) is 68.3 cm³/mol. The molecule has 2 aliphatic heterocycles. The summed E-state index contributed by atoms with van der Waals surface area (Å²) in [4.78, 5) is 13.7. The van der Waals surface area contributed by atoms with Gasteiger partial charge in [-0.1, -0.05) is 0 Å². The molecule has 0 atom stereocenters. The number of likely N-dealkylation sites (tertiary alicyclic amines) is 1. The Morgan fingerprint density at radius 1 is 1.17 bits per heavy atom. The largest absolute Gasteiger partial charge is 0.350 e. The molecule has 2 fully saturated rings. The van der Waals surface area contributed by atoms with E-state index in [9.17, 15) is 4.79 Å². The Morgan fingerprint density at radius 2 is 1.67 bits per heavy atom. The Bertz CT molecular complexity index is 329. The van der Waals surface area contributed by atoms with E-state index in [4.69, 9.17) is 9.47 Å². The maximum Gasteiger partial charge on any atom is 0.317 e. The second-order valence-electron chi connectivity index (χ2n) is 7.01. The quantitative estimate of drug-likeness (QED) is 0.716. The monoisotopic (exact) mass is 256 g/mol. The van der Waals surface area contributed by atoms with E-state index in [-0.39, 0.29) is 17.0 Å². The van der Waals surface area contributed by atoms with E-state index in [0.717, 1.165) is 0 Å². The average Bonchev–Trinajstić information content (AvgIpc) is 2.12. The van der Waals surface area contributed by atoms with Crippen LogP contribution in [0.5, 0.6) is 0 Å². The van der Waals surface area contributed by atoms with E-state index in [1.165, 1.54) is 0 Å². The minimum Gasteiger partial charge on any atom is -0.350 e. The van der Waals surface area contributed by atoms with Crippen molar-refractivity contribution in [2.75, 3.05) is 26.3 Å². The summed E-state index contributed by atoms with van der Waals surface area (Å²) >= 11 is 0. The van der Waals surface area contributed by atoms with Crippen LogP contribution < -0.4 is 5.32 Å². The fourth-order valence-electron chi connectivity index (χ4n) is 2.23. The number of carbonyl (C=O) groups excluding carboxylic acids is 1. The predicted octanol–water partition coefficient (Wildman–Crippen LogP) is 1.58. The number of nitrogens with zero attached hydrogens (tertiary/aromatic N) is 1. The first-order valence-corrected chi connectivity index (χ1v) is 6.46. The van der Waals surface area contributed by atoms with Crippen molar-refractivity contribution >= 4 is 6.03 Å². The van der Waals surface area contributed by atoms with E-state index >= 15 is 0 Å². The first kappa shape index (κ1) is 13.6. The summed E-state index contributed by atoms with van der Waals surface area (Å²) in [6, 6.07) is -0.00189. The van der Waals surface area contributed by atoms with Gasteiger partial charge in [0.2, 0.25) is 0 Å². The number of rotatable bonds is 0. The van der Waals surface area contributed by atoms with Gasteiger partial charge < -0.3 is 19.7 Å². The molecule has 5 heteroatoms. The van der Waals surface area contributed by atoms with Crippen LogP contribution in [0.1, 0.15) is 34.6 Å². The molecule has 5 nitrogen and oxygen atoms in total. The molecule has 104 valence electrons. The number of hydrogen-bond acceptors (Lipinski definition) is 3. The molecule has 1 spiro atoms. The van der Waals surface area contributed by atoms with Crippen molar-refractivity contribution in [3.05, 3.63) is 0 Å². The van der Waals surface area contributed by atoms with E-state index in [1.807, 2.05) is 39.5 Å². The highest BCUT2D eigenvalue weighted by atomic mass is 16.7. The van der Waals surface area contributed by atoms with Gasteiger partial charge in [0.05, 0.1) is 18.6 Å². The van der Waals surface area contributed by atoms with E-state index in [2.05, 4.69) is 5.32 Å². The maximum absolute atomic E-state index is 11.9. The molecule has 0 aromatic carbocycles. The molecular weight excluding hydrogens is 232 g/mol. The molecule has 0 unspecified atom stereocenters. The van der Waals surface area contributed by atoms with Crippen molar-refractivity contribution in [3.63, 3.8) is 0 Å². The van der Waals surface area contributed by atoms with Crippen LogP contribution in [0.4, 0.5) is 4.79 Å². The second kappa shape index (κ2) is 4.10. The Hall–Kier alpha value is -0.810. The van der Waals surface area contributed by atoms with Gasteiger partial charge in [0, 0.05) is 18.6 Å². The van der Waals surface area contributed by atoms with Crippen molar-refractivity contribution in [2.45, 2.75) is 45.9 Å². The fraction of sp³-hybridized carbons (Fsp3) is 0.923. The lowest BCUT2D eigenvalue weighted by molar-refractivity contribution is -0.301. The fourth-order valence-corrected chi connectivity index (χ4v) is 2.23. The maximum atomic E-state index is 11.9. The van der Waals surface area contributed by atoms with Crippen LogP contribution in [0.25, 0.3) is 0 Å². The lowest BCUT2D eigenvalue weighted by Crippen LogP contribution is -2.68. The Kier molecular flexibility index (Phi) is 3.10. The summed E-state index contributed by atoms with van der Waals surface area (Å²) in [5.74, 6) is -0.487. The van der Waals surface area contributed by atoms with Crippen LogP contribution in [-0.4, -0.2) is 48.6 Å². The Morgan fingerprint density at radius 3 is 2.11 bits per heavy atom. The molecule has 1 N–H and O–H groups in total. The van der Waals surface area contributed by atoms with Gasteiger partial charge >= 0.3 is 6.03 Å². The summed E-state index contributed by atoms with van der Waals surface area (Å²) < 4.78 is 11.3. The molecule has 2 rings (SSSR count). The molecule has 0 radical (unpaired) electrons. The smallest absolute Gasteiger partial charge is 0.317 e. The van der Waals surface area contributed by atoms with E-state index < -0.39 is 5.79 Å². The standard InChI is InChI=1S/C13H24N2O3/c1-11(2,3)14-10(16)15-6-13(7-15)8-17-12(4,5)18-9-13/h6-9H2,1-5H3,(H,14,16). The van der Waals surface area contributed by atoms with Gasteiger partial charge in [-0.3, -0.25) is 0 Å². The SMILES string of the molecule is CC(C)(C)NC(=O)N1CC2(COC(C)(C)OC2)C1. The Balaban J connectivity index is 1.82. The van der Waals surface area contributed by atoms with Crippen molar-refractivity contribution in [3.8, 4) is 0 Å². The third-order valence-corrected chi connectivity index (χ3v) is 3.27. The molecule has 2 heterocycles. The molecule has 0 aromatic heterocycles. The molecule has 0 saturated carbocycles. The summed E-state index contributed by atoms with van der Waals surface area (Å²) in [6.45, 7) is 12.5. The summed E-state index contributed by atoms with van der Waals surface area (Å²) in [6.07, 6.45) is 0. The van der Waals surface area contributed by atoms with Gasteiger partial charge in [0.1, 0.15) is 0 Å². The molecular formula is C13H24N2O3. The molecule has 2 saturated heterocycles. The van der Waals surface area contributed by atoms with Gasteiger partial charge in [0.15, 0.2) is 5.79 Å². The van der Waals surface area contributed by atoms with Crippen LogP contribution >= 0.6 is 0 Å². The van der Waals surface area contributed by atoms with Crippen LogP contribution in [0, 0.1) is 5.41 Å². The molecule has 2 aliphatic rings. The highest BCUT2D eigenvalue weighted by Crippen LogP contribution is 2.37. The molecule has 18 heavy (non-hydrogen) atoms. The minimum atomic E-state index is -0.487. The molecule has 2 amide bonds. The van der Waals surface area contributed by atoms with Crippen LogP contribution in [0.2, 0.25) is 0 Å². The third kappa shape index (κ3) is 2.95. The number of ether oxygens (including phenoxy) is 2. The van der Waals surface area contributed by atoms with Crippen molar-refractivity contribution in [2.24, 2.45) is 5.41 Å². The number of amides is 2. The topological polar surface area (TPSA) is 50.8 Å². The van der Waals surface area contributed by atoms with Gasteiger partial charge in [-0.05, 0) is 34.6 Å². The van der Waals surface area contributed by atoms with Crippen LogP contribution in [0.3, 0.4) is 0 Å². The lowest BCUT2D eigenvalue weighted by Gasteiger charge is -2.54. The number of hydrogen-bond donors (Lipinski definition) is 1. The van der Waals surface area contributed by atoms with Crippen LogP contribution in [-0.2, 0) is 9.47 Å². The highest BCUT2D eigenvalue weighted by molar-refractivity contribution is 5.76. The highest BCUT2D eigenvalue weighted by Gasteiger charge is 2.50. The lowest BCUT2D eigenvalue weighted by atomic mass is 9.80. The number of carbonyl (C=O) groups is 1. The van der Waals surface area contributed by atoms with Crippen molar-refractivity contribution in [1.82, 2.24) is 10.2 Å². The molecule has 0 aliphatic carbocycles. The van der Waals surface area contributed by atoms with Crippen LogP contribution in [0.15, 0.2) is 0 Å². The van der Waals surface area contributed by atoms with Crippen molar-refractivity contribution < 1.29 is 14.3 Å². The van der Waals surface area contributed by atoms with E-state index in [0.29, 0.717) is 26.3 Å². The normalized spacial score (nSPS) is 25.7.